The Morgan fingerprint density at radius 3 is 2.92 bits per heavy atom. The third kappa shape index (κ3) is 3.83. The van der Waals surface area contributed by atoms with Gasteiger partial charge < -0.3 is 14.8 Å². The van der Waals surface area contributed by atoms with Gasteiger partial charge in [0.2, 0.25) is 0 Å². The maximum absolute atomic E-state index is 5.90. The fourth-order valence-corrected chi connectivity index (χ4v) is 3.31. The van der Waals surface area contributed by atoms with Crippen molar-refractivity contribution in [3.8, 4) is 5.75 Å². The lowest BCUT2D eigenvalue weighted by Gasteiger charge is -2.13. The van der Waals surface area contributed by atoms with Gasteiger partial charge in [-0.1, -0.05) is 12.1 Å². The van der Waals surface area contributed by atoms with Gasteiger partial charge in [-0.15, -0.1) is 11.3 Å². The average Bonchev–Trinajstić information content (AvgIpc) is 2.98. The van der Waals surface area contributed by atoms with Crippen LogP contribution in [0.5, 0.6) is 5.75 Å². The number of hydrogen-bond acceptors (Lipinski definition) is 6. The molecular formula is C18H21N3O2S. The van der Waals surface area contributed by atoms with Crippen LogP contribution in [0.1, 0.15) is 18.9 Å². The van der Waals surface area contributed by atoms with Gasteiger partial charge in [-0.05, 0) is 36.9 Å². The van der Waals surface area contributed by atoms with E-state index in [1.165, 1.54) is 5.56 Å². The van der Waals surface area contributed by atoms with Crippen LogP contribution in [0.15, 0.2) is 36.0 Å². The summed E-state index contributed by atoms with van der Waals surface area (Å²) in [5, 5.41) is 6.56. The normalized spacial score (nSPS) is 10.9. The third-order valence-corrected chi connectivity index (χ3v) is 4.59. The first-order valence-corrected chi connectivity index (χ1v) is 8.93. The Bertz CT molecular complexity index is 804. The molecule has 0 aliphatic carbocycles. The molecule has 0 saturated heterocycles. The molecule has 0 aliphatic rings. The number of aryl methyl sites for hydroxylation is 1. The Balaban J connectivity index is 1.76. The standard InChI is InChI=1S/C18H21N3O2S/c1-3-22-9-6-10-23-15-8-5-4-7-14(15)21-17-16-13(2)11-24-18(16)20-12-19-17/h4-5,7-8,11-12H,3,6,9-10H2,1-2H3,(H,19,20,21). The van der Waals surface area contributed by atoms with Crippen LogP contribution in [0.2, 0.25) is 0 Å². The zero-order valence-corrected chi connectivity index (χ0v) is 14.7. The van der Waals surface area contributed by atoms with Gasteiger partial charge in [0.05, 0.1) is 17.7 Å². The molecule has 126 valence electrons. The predicted octanol–water partition coefficient (Wildman–Crippen LogP) is 4.55. The monoisotopic (exact) mass is 343 g/mol. The molecule has 2 heterocycles. The summed E-state index contributed by atoms with van der Waals surface area (Å²) in [6.45, 7) is 6.14. The Morgan fingerprint density at radius 1 is 1.17 bits per heavy atom. The topological polar surface area (TPSA) is 56.3 Å². The Hall–Kier alpha value is -2.18. The van der Waals surface area contributed by atoms with Gasteiger partial charge in [0.25, 0.3) is 0 Å². The zero-order valence-electron chi connectivity index (χ0n) is 13.9. The van der Waals surface area contributed by atoms with Gasteiger partial charge in [0, 0.05) is 19.6 Å². The van der Waals surface area contributed by atoms with Crippen LogP contribution in [-0.4, -0.2) is 29.8 Å². The smallest absolute Gasteiger partial charge is 0.142 e. The maximum atomic E-state index is 5.90. The first-order chi connectivity index (χ1) is 11.8. The minimum Gasteiger partial charge on any atom is -0.491 e. The van der Waals surface area contributed by atoms with E-state index in [0.29, 0.717) is 13.2 Å². The van der Waals surface area contributed by atoms with E-state index in [4.69, 9.17) is 9.47 Å². The lowest BCUT2D eigenvalue weighted by Crippen LogP contribution is -2.05. The number of rotatable bonds is 8. The fourth-order valence-electron chi connectivity index (χ4n) is 2.42. The van der Waals surface area contributed by atoms with Crippen LogP contribution in [0.4, 0.5) is 11.5 Å². The molecule has 0 unspecified atom stereocenters. The van der Waals surface area contributed by atoms with Gasteiger partial charge in [-0.2, -0.15) is 0 Å². The number of ether oxygens (including phenoxy) is 2. The van der Waals surface area contributed by atoms with Crippen molar-refractivity contribution < 1.29 is 9.47 Å². The molecule has 0 atom stereocenters. The van der Waals surface area contributed by atoms with E-state index in [-0.39, 0.29) is 0 Å². The number of nitrogens with zero attached hydrogens (tertiary/aromatic N) is 2. The molecule has 0 amide bonds. The predicted molar refractivity (Wildman–Crippen MR) is 98.5 cm³/mol. The average molecular weight is 343 g/mol. The third-order valence-electron chi connectivity index (χ3n) is 3.59. The Kier molecular flexibility index (Phi) is 5.61. The van der Waals surface area contributed by atoms with Crippen LogP contribution in [0, 0.1) is 6.92 Å². The summed E-state index contributed by atoms with van der Waals surface area (Å²) in [6, 6.07) is 7.90. The molecule has 1 aromatic carbocycles. The number of hydrogen-bond donors (Lipinski definition) is 1. The quantitative estimate of drug-likeness (QED) is 0.608. The van der Waals surface area contributed by atoms with Crippen molar-refractivity contribution in [1.82, 2.24) is 9.97 Å². The van der Waals surface area contributed by atoms with Gasteiger partial charge in [0.1, 0.15) is 22.7 Å². The number of aromatic nitrogens is 2. The van der Waals surface area contributed by atoms with Crippen LogP contribution in [0.25, 0.3) is 10.2 Å². The molecule has 0 spiro atoms. The van der Waals surface area contributed by atoms with Gasteiger partial charge in [-0.3, -0.25) is 0 Å². The summed E-state index contributed by atoms with van der Waals surface area (Å²) >= 11 is 1.63. The first kappa shape index (κ1) is 16.7. The summed E-state index contributed by atoms with van der Waals surface area (Å²) in [7, 11) is 0. The second-order valence-corrected chi connectivity index (χ2v) is 6.20. The number of thiophene rings is 1. The van der Waals surface area contributed by atoms with Crippen LogP contribution in [-0.2, 0) is 4.74 Å². The number of benzene rings is 1. The van der Waals surface area contributed by atoms with Crippen LogP contribution >= 0.6 is 11.3 Å². The van der Waals surface area contributed by atoms with Crippen LogP contribution < -0.4 is 10.1 Å². The van der Waals surface area contributed by atoms with E-state index in [1.807, 2.05) is 31.2 Å². The van der Waals surface area contributed by atoms with Crippen molar-refractivity contribution in [2.75, 3.05) is 25.1 Å². The van der Waals surface area contributed by atoms with E-state index in [2.05, 4.69) is 27.6 Å². The first-order valence-electron chi connectivity index (χ1n) is 8.05. The highest BCUT2D eigenvalue weighted by molar-refractivity contribution is 7.17. The van der Waals surface area contributed by atoms with Crippen molar-refractivity contribution >= 4 is 33.1 Å². The molecule has 2 aromatic heterocycles. The molecule has 0 bridgehead atoms. The molecule has 3 aromatic rings. The van der Waals surface area contributed by atoms with E-state index in [9.17, 15) is 0 Å². The van der Waals surface area contributed by atoms with E-state index in [1.54, 1.807) is 17.7 Å². The highest BCUT2D eigenvalue weighted by Gasteiger charge is 2.11. The zero-order chi connectivity index (χ0) is 16.8. The molecule has 1 N–H and O–H groups in total. The lowest BCUT2D eigenvalue weighted by molar-refractivity contribution is 0.131. The molecule has 24 heavy (non-hydrogen) atoms. The molecule has 0 radical (unpaired) electrons. The van der Waals surface area contributed by atoms with E-state index < -0.39 is 0 Å². The van der Waals surface area contributed by atoms with Crippen LogP contribution in [0.3, 0.4) is 0 Å². The van der Waals surface area contributed by atoms with Crippen molar-refractivity contribution in [3.63, 3.8) is 0 Å². The highest BCUT2D eigenvalue weighted by Crippen LogP contribution is 2.33. The van der Waals surface area contributed by atoms with Crippen molar-refractivity contribution in [2.45, 2.75) is 20.3 Å². The molecule has 0 saturated carbocycles. The summed E-state index contributed by atoms with van der Waals surface area (Å²) in [4.78, 5) is 9.72. The van der Waals surface area contributed by atoms with E-state index >= 15 is 0 Å². The lowest BCUT2D eigenvalue weighted by atomic mass is 10.2. The molecule has 5 nitrogen and oxygen atoms in total. The van der Waals surface area contributed by atoms with Crippen molar-refractivity contribution in [2.24, 2.45) is 0 Å². The van der Waals surface area contributed by atoms with Crippen molar-refractivity contribution in [1.29, 1.82) is 0 Å². The van der Waals surface area contributed by atoms with Crippen molar-refractivity contribution in [3.05, 3.63) is 41.5 Å². The minimum atomic E-state index is 0.620. The number of anilines is 2. The highest BCUT2D eigenvalue weighted by atomic mass is 32.1. The molecule has 0 fully saturated rings. The number of para-hydroxylation sites is 2. The Labute approximate surface area is 145 Å². The van der Waals surface area contributed by atoms with Gasteiger partial charge in [0.15, 0.2) is 0 Å². The summed E-state index contributed by atoms with van der Waals surface area (Å²) < 4.78 is 11.2. The Morgan fingerprint density at radius 2 is 2.04 bits per heavy atom. The van der Waals surface area contributed by atoms with Gasteiger partial charge >= 0.3 is 0 Å². The number of fused-ring (bicyclic) bond motifs is 1. The summed E-state index contributed by atoms with van der Waals surface area (Å²) in [5.41, 5.74) is 2.08. The minimum absolute atomic E-state index is 0.620. The fraction of sp³-hybridized carbons (Fsp3) is 0.333. The number of nitrogens with one attached hydrogen (secondary N) is 1. The molecule has 0 aliphatic heterocycles. The second-order valence-electron chi connectivity index (χ2n) is 5.34. The SMILES string of the molecule is CCOCCCOc1ccccc1Nc1ncnc2scc(C)c12. The molecule has 6 heteroatoms. The summed E-state index contributed by atoms with van der Waals surface area (Å²) in [6.07, 6.45) is 2.45. The molecule has 3 rings (SSSR count). The van der Waals surface area contributed by atoms with E-state index in [0.717, 1.165) is 40.5 Å². The van der Waals surface area contributed by atoms with Gasteiger partial charge in [-0.25, -0.2) is 9.97 Å². The largest absolute Gasteiger partial charge is 0.491 e. The maximum Gasteiger partial charge on any atom is 0.142 e. The molecular weight excluding hydrogens is 322 g/mol. The second kappa shape index (κ2) is 8.08. The summed E-state index contributed by atoms with van der Waals surface area (Å²) in [5.74, 6) is 1.62.